The summed E-state index contributed by atoms with van der Waals surface area (Å²) in [6, 6.07) is 8.04. The van der Waals surface area contributed by atoms with E-state index in [2.05, 4.69) is 22.4 Å². The van der Waals surface area contributed by atoms with Crippen molar-refractivity contribution in [2.75, 3.05) is 6.26 Å². The molecule has 0 heterocycles. The van der Waals surface area contributed by atoms with Gasteiger partial charge in [-0.1, -0.05) is 25.0 Å². The Kier molecular flexibility index (Phi) is 6.32. The van der Waals surface area contributed by atoms with Gasteiger partial charge in [0.15, 0.2) is 5.11 Å². The van der Waals surface area contributed by atoms with Crippen LogP contribution >= 0.6 is 24.0 Å². The molecule has 1 saturated carbocycles. The highest BCUT2D eigenvalue weighted by atomic mass is 32.2. The van der Waals surface area contributed by atoms with Gasteiger partial charge in [0.25, 0.3) is 5.91 Å². The van der Waals surface area contributed by atoms with Crippen LogP contribution < -0.4 is 16.2 Å². The van der Waals surface area contributed by atoms with E-state index in [4.69, 9.17) is 12.2 Å². The van der Waals surface area contributed by atoms with Crippen LogP contribution in [0.15, 0.2) is 24.3 Å². The molecule has 0 aliphatic heterocycles. The zero-order chi connectivity index (χ0) is 15.1. The summed E-state index contributed by atoms with van der Waals surface area (Å²) >= 11 is 6.93. The van der Waals surface area contributed by atoms with Crippen molar-refractivity contribution >= 4 is 35.0 Å². The number of hydrogen-bond donors (Lipinski definition) is 3. The Morgan fingerprint density at radius 1 is 1.24 bits per heavy atom. The number of hydrazine groups is 1. The molecule has 21 heavy (non-hydrogen) atoms. The summed E-state index contributed by atoms with van der Waals surface area (Å²) in [5.41, 5.74) is 7.23. The Balaban J connectivity index is 1.76. The van der Waals surface area contributed by atoms with Gasteiger partial charge in [-0.15, -0.1) is 0 Å². The molecule has 3 N–H and O–H groups in total. The molecule has 1 amide bonds. The van der Waals surface area contributed by atoms with Crippen LogP contribution in [0.4, 0.5) is 0 Å². The Morgan fingerprint density at radius 2 is 1.90 bits per heavy atom. The molecule has 0 spiro atoms. The van der Waals surface area contributed by atoms with Gasteiger partial charge < -0.3 is 5.32 Å². The van der Waals surface area contributed by atoms with Crippen LogP contribution in [0.25, 0.3) is 0 Å². The number of thiocarbonyl (C=S) groups is 1. The van der Waals surface area contributed by atoms with E-state index >= 15 is 0 Å². The van der Waals surface area contributed by atoms with E-state index < -0.39 is 0 Å². The van der Waals surface area contributed by atoms with E-state index in [-0.39, 0.29) is 5.91 Å². The zero-order valence-corrected chi connectivity index (χ0v) is 13.8. The maximum atomic E-state index is 12.0. The first-order valence-electron chi connectivity index (χ1n) is 7.14. The topological polar surface area (TPSA) is 53.2 Å². The lowest BCUT2D eigenvalue weighted by Crippen LogP contribution is -2.49. The third-order valence-electron chi connectivity index (χ3n) is 3.51. The molecule has 6 heteroatoms. The minimum Gasteiger partial charge on any atom is -0.359 e. The molecule has 114 valence electrons. The fourth-order valence-electron chi connectivity index (χ4n) is 2.40. The zero-order valence-electron chi connectivity index (χ0n) is 12.1. The number of carbonyl (C=O) groups is 1. The maximum absolute atomic E-state index is 12.0. The Bertz CT molecular complexity index is 484. The summed E-state index contributed by atoms with van der Waals surface area (Å²) in [6.45, 7) is 0. The monoisotopic (exact) mass is 323 g/mol. The van der Waals surface area contributed by atoms with Gasteiger partial charge in [0.05, 0.1) is 0 Å². The number of thioether (sulfide) groups is 1. The van der Waals surface area contributed by atoms with E-state index in [1.165, 1.54) is 18.4 Å². The van der Waals surface area contributed by atoms with Crippen LogP contribution in [0, 0.1) is 0 Å². The van der Waals surface area contributed by atoms with Crippen LogP contribution in [-0.2, 0) is 5.75 Å². The highest BCUT2D eigenvalue weighted by molar-refractivity contribution is 7.97. The quantitative estimate of drug-likeness (QED) is 0.587. The Hall–Kier alpha value is -1.27. The van der Waals surface area contributed by atoms with E-state index in [0.29, 0.717) is 16.7 Å². The summed E-state index contributed by atoms with van der Waals surface area (Å²) < 4.78 is 0. The van der Waals surface area contributed by atoms with Crippen molar-refractivity contribution in [3.8, 4) is 0 Å². The summed E-state index contributed by atoms with van der Waals surface area (Å²) in [6.07, 6.45) is 6.84. The van der Waals surface area contributed by atoms with Crippen LogP contribution in [0.1, 0.15) is 41.6 Å². The molecule has 0 atom stereocenters. The summed E-state index contributed by atoms with van der Waals surface area (Å²) in [5, 5.41) is 3.70. The van der Waals surface area contributed by atoms with E-state index in [9.17, 15) is 4.79 Å². The van der Waals surface area contributed by atoms with E-state index in [1.54, 1.807) is 11.8 Å². The first kappa shape index (κ1) is 16.1. The number of rotatable bonds is 4. The van der Waals surface area contributed by atoms with Gasteiger partial charge >= 0.3 is 0 Å². The fourth-order valence-corrected chi connectivity index (χ4v) is 3.14. The van der Waals surface area contributed by atoms with Gasteiger partial charge in [-0.2, -0.15) is 11.8 Å². The number of amides is 1. The highest BCUT2D eigenvalue weighted by Gasteiger charge is 2.15. The van der Waals surface area contributed by atoms with Crippen LogP contribution in [0.5, 0.6) is 0 Å². The molecule has 1 fully saturated rings. The van der Waals surface area contributed by atoms with Crippen molar-refractivity contribution in [2.45, 2.75) is 37.5 Å². The van der Waals surface area contributed by atoms with Crippen molar-refractivity contribution in [1.29, 1.82) is 0 Å². The second-order valence-corrected chi connectivity index (χ2v) is 6.44. The molecule has 0 unspecified atom stereocenters. The predicted molar refractivity (Wildman–Crippen MR) is 92.3 cm³/mol. The van der Waals surface area contributed by atoms with Gasteiger partial charge in [-0.25, -0.2) is 0 Å². The molecule has 1 aliphatic carbocycles. The fraction of sp³-hybridized carbons (Fsp3) is 0.467. The smallest absolute Gasteiger partial charge is 0.269 e. The lowest BCUT2D eigenvalue weighted by atomic mass is 10.1. The summed E-state index contributed by atoms with van der Waals surface area (Å²) in [7, 11) is 0. The van der Waals surface area contributed by atoms with Crippen molar-refractivity contribution < 1.29 is 4.79 Å². The van der Waals surface area contributed by atoms with Gasteiger partial charge in [0.1, 0.15) is 0 Å². The van der Waals surface area contributed by atoms with Crippen molar-refractivity contribution in [2.24, 2.45) is 0 Å². The average Bonchev–Trinajstić information content (AvgIpc) is 2.99. The first-order chi connectivity index (χ1) is 10.2. The lowest BCUT2D eigenvalue weighted by Gasteiger charge is -2.16. The first-order valence-corrected chi connectivity index (χ1v) is 8.94. The number of benzene rings is 1. The minimum absolute atomic E-state index is 0.179. The van der Waals surface area contributed by atoms with Crippen LogP contribution in [-0.4, -0.2) is 23.3 Å². The van der Waals surface area contributed by atoms with Crippen molar-refractivity contribution in [1.82, 2.24) is 16.2 Å². The molecule has 0 aromatic heterocycles. The van der Waals surface area contributed by atoms with Gasteiger partial charge in [0, 0.05) is 17.4 Å². The Morgan fingerprint density at radius 3 is 2.52 bits per heavy atom. The molecular formula is C15H21N3OS2. The second-order valence-electron chi connectivity index (χ2n) is 5.16. The van der Waals surface area contributed by atoms with Gasteiger partial charge in [-0.05, 0) is 49.0 Å². The van der Waals surface area contributed by atoms with Crippen LogP contribution in [0.3, 0.4) is 0 Å². The SMILES string of the molecule is CSCc1ccc(C(=O)NNC(=S)NC2CCCC2)cc1. The standard InChI is InChI=1S/C15H21N3OS2/c1-21-10-11-6-8-12(9-7-11)14(19)17-18-15(20)16-13-4-2-3-5-13/h6-9,13H,2-5,10H2,1H3,(H,17,19)(H2,16,18,20). The van der Waals surface area contributed by atoms with Crippen LogP contribution in [0.2, 0.25) is 0 Å². The Labute approximate surface area is 135 Å². The molecule has 0 bridgehead atoms. The maximum Gasteiger partial charge on any atom is 0.269 e. The third-order valence-corrected chi connectivity index (χ3v) is 4.35. The lowest BCUT2D eigenvalue weighted by molar-refractivity contribution is 0.0943. The molecular weight excluding hydrogens is 302 g/mol. The van der Waals surface area contributed by atoms with Gasteiger partial charge in [-0.3, -0.25) is 15.6 Å². The summed E-state index contributed by atoms with van der Waals surface area (Å²) in [4.78, 5) is 12.0. The van der Waals surface area contributed by atoms with E-state index in [1.807, 2.05) is 24.3 Å². The van der Waals surface area contributed by atoms with Crippen molar-refractivity contribution in [3.63, 3.8) is 0 Å². The number of nitrogens with one attached hydrogen (secondary N) is 3. The molecule has 4 nitrogen and oxygen atoms in total. The second kappa shape index (κ2) is 8.24. The molecule has 1 aromatic carbocycles. The van der Waals surface area contributed by atoms with E-state index in [0.717, 1.165) is 18.6 Å². The minimum atomic E-state index is -0.179. The van der Waals surface area contributed by atoms with Gasteiger partial charge in [0.2, 0.25) is 0 Å². The molecule has 1 aromatic rings. The molecule has 0 saturated heterocycles. The largest absolute Gasteiger partial charge is 0.359 e. The molecule has 0 radical (unpaired) electrons. The normalized spacial score (nSPS) is 14.7. The number of hydrogen-bond acceptors (Lipinski definition) is 3. The number of carbonyl (C=O) groups excluding carboxylic acids is 1. The predicted octanol–water partition coefficient (Wildman–Crippen LogP) is 2.60. The molecule has 2 rings (SSSR count). The molecule has 1 aliphatic rings. The summed E-state index contributed by atoms with van der Waals surface area (Å²) in [5.74, 6) is 0.775. The highest BCUT2D eigenvalue weighted by Crippen LogP contribution is 2.17. The third kappa shape index (κ3) is 5.21. The van der Waals surface area contributed by atoms with Crippen molar-refractivity contribution in [3.05, 3.63) is 35.4 Å². The average molecular weight is 323 g/mol.